The quantitative estimate of drug-likeness (QED) is 0.0857. The molecular weight excluding hydrogens is 887 g/mol. The number of carbonyl (C=O) groups excluding carboxylic acids is 3. The Morgan fingerprint density at radius 3 is 1.53 bits per heavy atom. The minimum atomic E-state index is -0.108. The predicted molar refractivity (Wildman–Crippen MR) is 302 cm³/mol. The summed E-state index contributed by atoms with van der Waals surface area (Å²) in [5.41, 5.74) is 0. The van der Waals surface area contributed by atoms with Crippen molar-refractivity contribution in [3.63, 3.8) is 0 Å². The highest BCUT2D eigenvalue weighted by atomic mass is 31.0. The summed E-state index contributed by atoms with van der Waals surface area (Å²) in [6.07, 6.45) is 37.4. The summed E-state index contributed by atoms with van der Waals surface area (Å²) in [6, 6.07) is 0. The third-order valence-electron chi connectivity index (χ3n) is 11.8. The summed E-state index contributed by atoms with van der Waals surface area (Å²) in [4.78, 5) is 33.3. The Hall–Kier alpha value is -1.90. The van der Waals surface area contributed by atoms with Gasteiger partial charge in [-0.05, 0) is 115 Å². The molecule has 0 aromatic heterocycles. The van der Waals surface area contributed by atoms with Crippen LogP contribution >= 0.6 is 47.0 Å². The van der Waals surface area contributed by atoms with E-state index in [1.165, 1.54) is 118 Å². The Morgan fingerprint density at radius 1 is 0.609 bits per heavy atom. The van der Waals surface area contributed by atoms with E-state index in [1.54, 1.807) is 36.5 Å². The van der Waals surface area contributed by atoms with Gasteiger partial charge in [0.25, 0.3) is 0 Å². The van der Waals surface area contributed by atoms with Crippen molar-refractivity contribution in [2.24, 2.45) is 35.5 Å². The second-order valence-corrected chi connectivity index (χ2v) is 19.8. The summed E-state index contributed by atoms with van der Waals surface area (Å²) >= 11 is 0. The molecule has 3 aliphatic carbocycles. The van der Waals surface area contributed by atoms with Gasteiger partial charge in [-0.1, -0.05) is 159 Å². The number of amides is 3. The number of hydrogen-bond acceptors (Lipinski definition) is 6. The number of nitrogens with zero attached hydrogens (tertiary/aromatic N) is 5. The van der Waals surface area contributed by atoms with Crippen LogP contribution < -0.4 is 5.32 Å². The van der Waals surface area contributed by atoms with E-state index in [0.29, 0.717) is 30.8 Å². The van der Waals surface area contributed by atoms with Crippen molar-refractivity contribution in [1.29, 1.82) is 0 Å². The topological polar surface area (TPSA) is 79.4 Å². The number of fused-ring (bicyclic) bond motifs is 3. The molecule has 3 aliphatic heterocycles. The number of carbonyl (C=O) groups is 3. The molecule has 1 N–H and O–H groups in total. The van der Waals surface area contributed by atoms with Gasteiger partial charge in [-0.15, -0.1) is 13.2 Å². The molecule has 9 nitrogen and oxygen atoms in total. The molecule has 64 heavy (non-hydrogen) atoms. The van der Waals surface area contributed by atoms with Gasteiger partial charge in [0.2, 0.25) is 17.7 Å². The van der Waals surface area contributed by atoms with Crippen molar-refractivity contribution >= 4 is 64.7 Å². The van der Waals surface area contributed by atoms with Crippen LogP contribution in [0, 0.1) is 35.5 Å². The van der Waals surface area contributed by atoms with E-state index < -0.39 is 0 Å². The average molecular weight is 985 g/mol. The van der Waals surface area contributed by atoms with Gasteiger partial charge in [0, 0.05) is 60.7 Å². The van der Waals surface area contributed by atoms with Crippen molar-refractivity contribution in [2.75, 3.05) is 58.9 Å². The van der Waals surface area contributed by atoms with Gasteiger partial charge in [0.05, 0.1) is 0 Å². The number of rotatable bonds is 13. The lowest BCUT2D eigenvalue weighted by Gasteiger charge is -2.23. The maximum atomic E-state index is 11.4. The molecule has 0 aromatic rings. The maximum absolute atomic E-state index is 11.4. The fraction of sp³-hybridized carbons (Fsp3) is 0.580. The third kappa shape index (κ3) is 27.7. The minimum absolute atomic E-state index is 0. The molecule has 368 valence electrons. The monoisotopic (exact) mass is 985 g/mol. The van der Waals surface area contributed by atoms with Crippen molar-refractivity contribution in [3.8, 4) is 0 Å². The average Bonchev–Trinajstić information content (AvgIpc) is 4.00. The van der Waals surface area contributed by atoms with E-state index in [2.05, 4.69) is 101 Å². The molecule has 0 bridgehead atoms. The van der Waals surface area contributed by atoms with Gasteiger partial charge in [-0.3, -0.25) is 23.7 Å². The highest BCUT2D eigenvalue weighted by Gasteiger charge is 2.39. The molecule has 11 atom stereocenters. The van der Waals surface area contributed by atoms with Crippen molar-refractivity contribution in [3.05, 3.63) is 112 Å². The van der Waals surface area contributed by atoms with Crippen LogP contribution in [0.4, 0.5) is 0 Å². The molecular formula is C50H95N6O3P5. The summed E-state index contributed by atoms with van der Waals surface area (Å²) in [7, 11) is 12.6. The standard InChI is InChI=1S/C8H14NOP.2C8H12NOP.C8H16NP.C8H14NP.C8H15N.2CH4.2H2/c10-8-7-4-2-1-3-6(7)5-9(8)11;1-3-5-6-7-9(11)8(10)4-2;1-3-5-6-8(10)9(11)7-4-2;10-9-5-7-3-1-2-4-8(7)6-9;1-3-5-6-8-9(10)7-4-2;1-2-4-8-6-9-5-7(8)3-1;;;;/h6-7H,1-5,11H2;2*3-6H,1-2,7,11H2;7-8H,1-6,10H2;3-6H,1-2,7-8,10H2;7-9H,1-6H2;2*1H4;2*1H/b;2*6-5+;;6-5+;;;;;/i;;;;;;;;2*1+1. The van der Waals surface area contributed by atoms with Crippen LogP contribution in [0.2, 0.25) is 0 Å². The molecule has 0 aromatic carbocycles. The lowest BCUT2D eigenvalue weighted by Crippen LogP contribution is -2.20. The molecule has 0 spiro atoms. The Kier molecular flexibility index (Phi) is 40.3. The van der Waals surface area contributed by atoms with Crippen LogP contribution in [0.25, 0.3) is 0 Å². The third-order valence-corrected chi connectivity index (χ3v) is 14.1. The van der Waals surface area contributed by atoms with E-state index in [-0.39, 0.29) is 29.5 Å². The maximum Gasteiger partial charge on any atom is 0.249 e. The zero-order valence-electron chi connectivity index (χ0n) is 37.8. The molecule has 6 fully saturated rings. The molecule has 11 unspecified atom stereocenters. The van der Waals surface area contributed by atoms with E-state index in [0.717, 1.165) is 49.7 Å². The second-order valence-electron chi connectivity index (χ2n) is 16.5. The fourth-order valence-electron chi connectivity index (χ4n) is 8.51. The Morgan fingerprint density at radius 2 is 1.06 bits per heavy atom. The van der Waals surface area contributed by atoms with E-state index in [1.807, 2.05) is 29.0 Å². The molecule has 3 saturated heterocycles. The zero-order valence-corrected chi connectivity index (χ0v) is 43.6. The van der Waals surface area contributed by atoms with Crippen LogP contribution in [-0.2, 0) is 14.4 Å². The van der Waals surface area contributed by atoms with Gasteiger partial charge in [0.1, 0.15) is 0 Å². The molecule has 3 heterocycles. The first-order valence-electron chi connectivity index (χ1n) is 22.4. The van der Waals surface area contributed by atoms with Gasteiger partial charge >= 0.3 is 0 Å². The highest BCUT2D eigenvalue weighted by Crippen LogP contribution is 2.38. The summed E-state index contributed by atoms with van der Waals surface area (Å²) in [6.45, 7) is 30.2. The van der Waals surface area contributed by atoms with Crippen LogP contribution in [-0.4, -0.2) is 100.0 Å². The fourth-order valence-corrected chi connectivity index (χ4v) is 10.2. The molecule has 3 amide bonds. The number of nitrogens with one attached hydrogen (secondary N) is 1. The van der Waals surface area contributed by atoms with Crippen LogP contribution in [0.1, 0.15) is 94.8 Å². The van der Waals surface area contributed by atoms with Gasteiger partial charge < -0.3 is 19.3 Å². The van der Waals surface area contributed by atoms with Crippen molar-refractivity contribution < 1.29 is 17.2 Å². The smallest absolute Gasteiger partial charge is 0.249 e. The van der Waals surface area contributed by atoms with E-state index in [9.17, 15) is 14.4 Å². The first-order chi connectivity index (χ1) is 29.9. The second kappa shape index (κ2) is 40.2. The van der Waals surface area contributed by atoms with Gasteiger partial charge in [-0.25, -0.2) is 0 Å². The summed E-state index contributed by atoms with van der Waals surface area (Å²) in [5, 5.41) is 3.46. The lowest BCUT2D eigenvalue weighted by molar-refractivity contribution is -0.127. The molecule has 3 saturated carbocycles. The van der Waals surface area contributed by atoms with E-state index >= 15 is 0 Å². The first-order valence-corrected chi connectivity index (χ1v) is 25.0. The molecule has 6 rings (SSSR count). The van der Waals surface area contributed by atoms with Crippen LogP contribution in [0.5, 0.6) is 0 Å². The van der Waals surface area contributed by atoms with E-state index in [4.69, 9.17) is 0 Å². The van der Waals surface area contributed by atoms with Crippen LogP contribution in [0.15, 0.2) is 112 Å². The van der Waals surface area contributed by atoms with Crippen LogP contribution in [0.3, 0.4) is 0 Å². The number of hydrogen-bond donors (Lipinski definition) is 1. The highest BCUT2D eigenvalue weighted by molar-refractivity contribution is 7.15. The lowest BCUT2D eigenvalue weighted by atomic mass is 9.81. The molecule has 6 aliphatic rings. The normalized spacial score (nSPS) is 23.9. The minimum Gasteiger partial charge on any atom is -0.327 e. The van der Waals surface area contributed by atoms with Gasteiger partial charge in [0.15, 0.2) is 0 Å². The Bertz CT molecular complexity index is 1450. The molecule has 0 radical (unpaired) electrons. The Balaban J connectivity index is -0.000000345. The summed E-state index contributed by atoms with van der Waals surface area (Å²) in [5.74, 6) is 5.43. The van der Waals surface area contributed by atoms with Crippen molar-refractivity contribution in [1.82, 2.24) is 28.7 Å². The predicted octanol–water partition coefficient (Wildman–Crippen LogP) is 11.6. The summed E-state index contributed by atoms with van der Waals surface area (Å²) < 4.78 is 9.27. The zero-order chi connectivity index (χ0) is 46.1. The van der Waals surface area contributed by atoms with Gasteiger partial charge in [-0.2, -0.15) is 0 Å². The SMILES string of the molecule is C.C.C1CCC2CNCC2C1.C=C/C=C/C(=O)N(P)CC=C.C=C/C=C/CN(P)C(=O)C=C.C=C/C=C/CN(P)CC=C.O=C1C2CCCCC2CN1P.PN1CC2CCCCC2C1.[2HH].[2HH]. The number of allylic oxidation sites excluding steroid dienone is 6. The Labute approximate surface area is 407 Å². The molecule has 14 heteroatoms. The largest absolute Gasteiger partial charge is 0.327 e. The first kappa shape index (κ1) is 64.2. The van der Waals surface area contributed by atoms with Crippen molar-refractivity contribution in [2.45, 2.75) is 91.9 Å².